The monoisotopic (exact) mass is 912 g/mol. The van der Waals surface area contributed by atoms with Crippen LogP contribution in [0.15, 0.2) is 121 Å². The molecule has 350 valence electrons. The van der Waals surface area contributed by atoms with E-state index in [1.165, 1.54) is 44.5 Å². The summed E-state index contributed by atoms with van der Waals surface area (Å²) < 4.78 is 33.7. The van der Waals surface area contributed by atoms with Gasteiger partial charge >= 0.3 is 11.7 Å². The topological polar surface area (TPSA) is 21.9 Å². The Labute approximate surface area is 414 Å². The van der Waals surface area contributed by atoms with Crippen LogP contribution in [0.2, 0.25) is 0 Å². The third-order valence-corrected chi connectivity index (χ3v) is 15.4. The smallest absolute Gasteiger partial charge is 0.392 e. The van der Waals surface area contributed by atoms with Crippen molar-refractivity contribution >= 4 is 11.0 Å². The fraction of sp³-hybridized carbons (Fsp3) is 0.354. The summed E-state index contributed by atoms with van der Waals surface area (Å²) >= 11 is 0. The minimum absolute atomic E-state index is 0.133. The van der Waals surface area contributed by atoms with Crippen LogP contribution in [0.3, 0.4) is 0 Å². The highest BCUT2D eigenvalue weighted by molar-refractivity contribution is 5.98. The molecule has 3 aliphatic heterocycles. The predicted octanol–water partition coefficient (Wildman–Crippen LogP) is 16.3. The zero-order valence-corrected chi connectivity index (χ0v) is 43.9. The van der Waals surface area contributed by atoms with Crippen LogP contribution >= 0.6 is 0 Å². The Morgan fingerprint density at radius 1 is 0.594 bits per heavy atom. The number of hydrogen-bond donors (Lipinski definition) is 0. The van der Waals surface area contributed by atoms with E-state index < -0.39 is 17.6 Å². The highest BCUT2D eigenvalue weighted by atomic mass is 16.5. The van der Waals surface area contributed by atoms with E-state index in [0.717, 1.165) is 78.5 Å². The van der Waals surface area contributed by atoms with Crippen LogP contribution in [-0.2, 0) is 22.1 Å². The third kappa shape index (κ3) is 6.60. The van der Waals surface area contributed by atoms with Crippen LogP contribution in [0.4, 0.5) is 0 Å². The number of fused-ring (bicyclic) bond motifs is 5. The number of pyridine rings is 1. The zero-order valence-electron chi connectivity index (χ0n) is 45.9. The highest BCUT2D eigenvalue weighted by Crippen LogP contribution is 2.56. The number of nitrogens with zero attached hydrogens (tertiary/aromatic N) is 3. The Morgan fingerprint density at radius 2 is 1.23 bits per heavy atom. The number of rotatable bonds is 6. The summed E-state index contributed by atoms with van der Waals surface area (Å²) in [5.41, 5.74) is 22.5. The molecule has 0 amide bonds. The maximum absolute atomic E-state index is 9.29. The molecular weight excluding hydrogens is 839 g/mol. The molecule has 4 nitrogen and oxygen atoms in total. The number of ether oxygens (including phenoxy) is 1. The van der Waals surface area contributed by atoms with Gasteiger partial charge in [0.15, 0.2) is 23.0 Å². The molecule has 0 radical (unpaired) electrons. The molecule has 0 aliphatic carbocycles. The van der Waals surface area contributed by atoms with E-state index in [1.54, 1.807) is 0 Å². The zero-order chi connectivity index (χ0) is 50.9. The number of aryl methyl sites for hydroxylation is 1. The van der Waals surface area contributed by atoms with Gasteiger partial charge < -0.3 is 4.74 Å². The summed E-state index contributed by atoms with van der Waals surface area (Å²) in [6.07, 6.45) is 2.27. The normalized spacial score (nSPS) is 16.5. The van der Waals surface area contributed by atoms with Crippen molar-refractivity contribution in [2.45, 2.75) is 151 Å². The second kappa shape index (κ2) is 15.1. The standard InChI is InChI=1S/C65H71N3O/c1-37(2)41-23-25-42(26-24-41)43-29-30-66-56(32-43)51-34-45(62(8,9)10)33-50-49-21-18-22-55-59(49)68-61(52-35-46(63(11,12)13)36-53(64(14,15)16)60(52)69-65(66,68)58(50)51)67(55)54-28-27-44(31-40(54)7)57-47(38(3)4)19-17-20-48(57)39(5)6/h17-39H,1-16H3/q+2/i37D,38D. The van der Waals surface area contributed by atoms with E-state index in [2.05, 4.69) is 218 Å². The molecule has 69 heavy (non-hydrogen) atoms. The Bertz CT molecular complexity index is 3560. The Hall–Kier alpha value is -6.26. The number of aromatic nitrogens is 3. The first kappa shape index (κ1) is 42.8. The van der Waals surface area contributed by atoms with Crippen molar-refractivity contribution in [1.29, 1.82) is 0 Å². The van der Waals surface area contributed by atoms with Crippen LogP contribution in [0.25, 0.3) is 72.7 Å². The largest absolute Gasteiger partial charge is 0.499 e. The molecule has 1 unspecified atom stereocenters. The second-order valence-electron chi connectivity index (χ2n) is 24.1. The van der Waals surface area contributed by atoms with Gasteiger partial charge in [0.05, 0.1) is 5.56 Å². The van der Waals surface area contributed by atoms with Crippen molar-refractivity contribution in [3.05, 3.63) is 166 Å². The molecule has 0 fully saturated rings. The second-order valence-corrected chi connectivity index (χ2v) is 24.1. The van der Waals surface area contributed by atoms with Crippen LogP contribution in [0.5, 0.6) is 5.75 Å². The van der Waals surface area contributed by atoms with Gasteiger partial charge in [0, 0.05) is 31.6 Å². The van der Waals surface area contributed by atoms with Crippen molar-refractivity contribution in [3.8, 4) is 67.5 Å². The summed E-state index contributed by atoms with van der Waals surface area (Å²) in [6, 6.07) is 43.3. The number of para-hydroxylation sites is 1. The Balaban J connectivity index is 1.28. The molecule has 2 aromatic heterocycles. The number of benzene rings is 6. The summed E-state index contributed by atoms with van der Waals surface area (Å²) in [5.74, 6) is -0.285. The quantitative estimate of drug-likeness (QED) is 0.152. The third-order valence-electron chi connectivity index (χ3n) is 15.4. The van der Waals surface area contributed by atoms with Crippen molar-refractivity contribution < 1.29 is 16.6 Å². The van der Waals surface area contributed by atoms with Gasteiger partial charge in [0.25, 0.3) is 0 Å². The van der Waals surface area contributed by atoms with Crippen LogP contribution in [-0.4, -0.2) is 4.57 Å². The van der Waals surface area contributed by atoms with E-state index in [4.69, 9.17) is 6.11 Å². The lowest BCUT2D eigenvalue weighted by molar-refractivity contribution is -0.997. The maximum atomic E-state index is 9.29. The SMILES string of the molecule is [2H]C(C)(C)c1ccc(-c2cc[n+]3c(c2)-c2cc(C(C)(C)C)cc4c2C32Oc3c(cc(C(C)(C)C)cc3C(C)(C)C)-c3n(-c5ccc(-c6c(C(C)C)cccc6C([2H])(C)C)cc5C)c5cccc-4c5[n+]32)cc1. The average molecular weight is 912 g/mol. The molecule has 6 aromatic carbocycles. The van der Waals surface area contributed by atoms with Gasteiger partial charge in [0.2, 0.25) is 5.69 Å². The molecule has 1 atom stereocenters. The maximum Gasteiger partial charge on any atom is 0.499 e. The van der Waals surface area contributed by atoms with Crippen molar-refractivity contribution in [3.63, 3.8) is 0 Å². The van der Waals surface area contributed by atoms with E-state index in [1.807, 2.05) is 27.7 Å². The average Bonchev–Trinajstić information content (AvgIpc) is 3.78. The fourth-order valence-corrected chi connectivity index (χ4v) is 11.6. The predicted molar refractivity (Wildman–Crippen MR) is 287 cm³/mol. The van der Waals surface area contributed by atoms with Crippen molar-refractivity contribution in [1.82, 2.24) is 4.57 Å². The lowest BCUT2D eigenvalue weighted by Crippen LogP contribution is -2.78. The lowest BCUT2D eigenvalue weighted by atomic mass is 9.78. The number of hydrogen-bond acceptors (Lipinski definition) is 1. The van der Waals surface area contributed by atoms with Gasteiger partial charge in [-0.05, 0) is 139 Å². The molecule has 8 aromatic rings. The highest BCUT2D eigenvalue weighted by Gasteiger charge is 2.69. The molecule has 0 saturated heterocycles. The van der Waals surface area contributed by atoms with Crippen molar-refractivity contribution in [2.24, 2.45) is 0 Å². The summed E-state index contributed by atoms with van der Waals surface area (Å²) in [6.45, 7) is 35.6. The molecular formula is C65H71N3O+2. The van der Waals surface area contributed by atoms with Crippen LogP contribution in [0, 0.1) is 6.92 Å². The minimum atomic E-state index is -1.11. The van der Waals surface area contributed by atoms with Crippen LogP contribution in [0.1, 0.15) is 169 Å². The summed E-state index contributed by atoms with van der Waals surface area (Å²) in [7, 11) is 0. The van der Waals surface area contributed by atoms with E-state index in [0.29, 0.717) is 5.92 Å². The summed E-state index contributed by atoms with van der Waals surface area (Å²) in [4.78, 5) is 0. The van der Waals surface area contributed by atoms with E-state index in [-0.39, 0.29) is 16.2 Å². The molecule has 1 spiro atoms. The molecule has 0 N–H and O–H groups in total. The molecule has 0 bridgehead atoms. The van der Waals surface area contributed by atoms with Gasteiger partial charge in [-0.1, -0.05) is 165 Å². The molecule has 4 heteroatoms. The Kier molecular flexibility index (Phi) is 9.38. The first-order chi connectivity index (χ1) is 33.1. The number of imidazole rings is 1. The molecule has 0 saturated carbocycles. The van der Waals surface area contributed by atoms with Gasteiger partial charge in [-0.15, -0.1) is 9.13 Å². The van der Waals surface area contributed by atoms with Crippen molar-refractivity contribution in [2.75, 3.05) is 0 Å². The van der Waals surface area contributed by atoms with Crippen LogP contribution < -0.4 is 13.9 Å². The van der Waals surface area contributed by atoms with Gasteiger partial charge in [-0.25, -0.2) is 0 Å². The molecule has 11 rings (SSSR count). The summed E-state index contributed by atoms with van der Waals surface area (Å²) in [5, 5.41) is 0. The Morgan fingerprint density at radius 3 is 1.87 bits per heavy atom. The first-order valence-corrected chi connectivity index (χ1v) is 25.2. The minimum Gasteiger partial charge on any atom is -0.392 e. The fourth-order valence-electron chi connectivity index (χ4n) is 11.6. The van der Waals surface area contributed by atoms with Gasteiger partial charge in [-0.3, -0.25) is 0 Å². The van der Waals surface area contributed by atoms with Gasteiger partial charge in [-0.2, -0.15) is 4.57 Å². The van der Waals surface area contributed by atoms with E-state index in [9.17, 15) is 1.37 Å². The van der Waals surface area contributed by atoms with E-state index >= 15 is 0 Å². The first-order valence-electron chi connectivity index (χ1n) is 26.2. The molecule has 3 aliphatic rings. The van der Waals surface area contributed by atoms with Gasteiger partial charge in [0.1, 0.15) is 16.8 Å². The lowest BCUT2D eigenvalue weighted by Gasteiger charge is -2.36. The molecule has 5 heterocycles.